The summed E-state index contributed by atoms with van der Waals surface area (Å²) >= 11 is 0. The number of para-hydroxylation sites is 1. The highest BCUT2D eigenvalue weighted by atomic mass is 127. The van der Waals surface area contributed by atoms with Crippen LogP contribution in [0.5, 0.6) is 0 Å². The number of hydrogen-bond acceptors (Lipinski definition) is 3. The molecular formula is C17H22IN5O. The van der Waals surface area contributed by atoms with Crippen LogP contribution in [-0.4, -0.2) is 29.3 Å². The zero-order chi connectivity index (χ0) is 15.9. The number of halogens is 1. The lowest BCUT2D eigenvalue weighted by molar-refractivity contribution is 0.410. The molecular weight excluding hydrogens is 417 g/mol. The van der Waals surface area contributed by atoms with Crippen LogP contribution in [0.1, 0.15) is 12.1 Å². The summed E-state index contributed by atoms with van der Waals surface area (Å²) in [6.45, 7) is 2.42. The molecule has 2 heterocycles. The quantitative estimate of drug-likeness (QED) is 0.268. The van der Waals surface area contributed by atoms with Crippen LogP contribution in [0, 0.1) is 0 Å². The minimum atomic E-state index is 0. The lowest BCUT2D eigenvalue weighted by atomic mass is 10.2. The second-order valence-corrected chi connectivity index (χ2v) is 5.26. The fourth-order valence-corrected chi connectivity index (χ4v) is 2.52. The Morgan fingerprint density at radius 2 is 2.08 bits per heavy atom. The summed E-state index contributed by atoms with van der Waals surface area (Å²) in [5.74, 6) is 0.769. The Morgan fingerprint density at radius 3 is 2.88 bits per heavy atom. The molecule has 24 heavy (non-hydrogen) atoms. The van der Waals surface area contributed by atoms with Crippen LogP contribution in [-0.2, 0) is 13.1 Å². The third-order valence-electron chi connectivity index (χ3n) is 3.70. The molecule has 1 aromatic carbocycles. The molecule has 2 N–H and O–H groups in total. The van der Waals surface area contributed by atoms with Crippen molar-refractivity contribution in [3.63, 3.8) is 0 Å². The highest BCUT2D eigenvalue weighted by Crippen LogP contribution is 2.15. The topological polar surface area (TPSA) is 67.4 Å². The molecule has 0 spiro atoms. The normalized spacial score (nSPS) is 11.3. The lowest BCUT2D eigenvalue weighted by Gasteiger charge is -2.11. The molecule has 0 saturated carbocycles. The second kappa shape index (κ2) is 9.31. The van der Waals surface area contributed by atoms with Gasteiger partial charge in [-0.05, 0) is 23.9 Å². The van der Waals surface area contributed by atoms with Crippen LogP contribution < -0.4 is 10.6 Å². The molecule has 0 saturated heterocycles. The van der Waals surface area contributed by atoms with Gasteiger partial charge in [-0.1, -0.05) is 23.4 Å². The summed E-state index contributed by atoms with van der Waals surface area (Å²) in [6.07, 6.45) is 4.72. The highest BCUT2D eigenvalue weighted by Gasteiger charge is 2.02. The number of nitrogens with zero attached hydrogens (tertiary/aromatic N) is 3. The summed E-state index contributed by atoms with van der Waals surface area (Å²) in [4.78, 5) is 4.20. The lowest BCUT2D eigenvalue weighted by Crippen LogP contribution is -2.37. The van der Waals surface area contributed by atoms with E-state index in [1.54, 1.807) is 13.3 Å². The zero-order valence-corrected chi connectivity index (χ0v) is 15.9. The van der Waals surface area contributed by atoms with Gasteiger partial charge < -0.3 is 19.7 Å². The van der Waals surface area contributed by atoms with Crippen molar-refractivity contribution in [3.05, 3.63) is 54.6 Å². The van der Waals surface area contributed by atoms with Gasteiger partial charge in [0, 0.05) is 37.9 Å². The predicted octanol–water partition coefficient (Wildman–Crippen LogP) is 3.00. The van der Waals surface area contributed by atoms with Crippen LogP contribution >= 0.6 is 24.0 Å². The summed E-state index contributed by atoms with van der Waals surface area (Å²) in [7, 11) is 1.76. The maximum absolute atomic E-state index is 4.80. The van der Waals surface area contributed by atoms with E-state index in [1.807, 2.05) is 6.07 Å². The van der Waals surface area contributed by atoms with Crippen LogP contribution in [0.25, 0.3) is 10.9 Å². The number of hydrogen-bond donors (Lipinski definition) is 2. The van der Waals surface area contributed by atoms with Crippen LogP contribution in [0.3, 0.4) is 0 Å². The largest absolute Gasteiger partial charge is 0.364 e. The van der Waals surface area contributed by atoms with Gasteiger partial charge in [0.05, 0.1) is 6.54 Å². The van der Waals surface area contributed by atoms with Crippen molar-refractivity contribution in [1.82, 2.24) is 20.4 Å². The van der Waals surface area contributed by atoms with Gasteiger partial charge in [0.2, 0.25) is 0 Å². The number of aromatic nitrogens is 2. The van der Waals surface area contributed by atoms with Gasteiger partial charge >= 0.3 is 0 Å². The van der Waals surface area contributed by atoms with E-state index in [4.69, 9.17) is 4.52 Å². The Morgan fingerprint density at radius 1 is 1.21 bits per heavy atom. The first-order valence-corrected chi connectivity index (χ1v) is 7.74. The van der Waals surface area contributed by atoms with Gasteiger partial charge in [-0.25, -0.2) is 0 Å². The minimum Gasteiger partial charge on any atom is -0.364 e. The van der Waals surface area contributed by atoms with Crippen molar-refractivity contribution in [1.29, 1.82) is 0 Å². The van der Waals surface area contributed by atoms with E-state index >= 15 is 0 Å². The average Bonchev–Trinajstić information content (AvgIpc) is 3.24. The molecule has 0 bridgehead atoms. The average molecular weight is 439 g/mol. The SMILES string of the molecule is CN=C(NCCCn1ccc2ccccc21)NCc1ccon1.I. The van der Waals surface area contributed by atoms with E-state index in [9.17, 15) is 0 Å². The van der Waals surface area contributed by atoms with Crippen molar-refractivity contribution in [3.8, 4) is 0 Å². The maximum Gasteiger partial charge on any atom is 0.191 e. The zero-order valence-electron chi connectivity index (χ0n) is 13.6. The van der Waals surface area contributed by atoms with E-state index < -0.39 is 0 Å². The number of aryl methyl sites for hydroxylation is 1. The van der Waals surface area contributed by atoms with E-state index in [0.717, 1.165) is 31.2 Å². The first-order valence-electron chi connectivity index (χ1n) is 7.74. The van der Waals surface area contributed by atoms with Gasteiger partial charge in [-0.2, -0.15) is 0 Å². The standard InChI is InChI=1S/C17H21N5O.HI/c1-18-17(20-13-15-8-12-23-21-15)19-9-4-10-22-11-7-14-5-2-3-6-16(14)22;/h2-3,5-8,11-12H,4,9-10,13H2,1H3,(H2,18,19,20);1H. The Kier molecular flexibility index (Phi) is 7.10. The molecule has 0 amide bonds. The van der Waals surface area contributed by atoms with Crippen LogP contribution in [0.2, 0.25) is 0 Å². The molecule has 0 aliphatic carbocycles. The first kappa shape index (κ1) is 18.3. The van der Waals surface area contributed by atoms with Crippen molar-refractivity contribution in [2.75, 3.05) is 13.6 Å². The molecule has 0 radical (unpaired) electrons. The minimum absolute atomic E-state index is 0. The summed E-state index contributed by atoms with van der Waals surface area (Å²) in [5.41, 5.74) is 2.13. The van der Waals surface area contributed by atoms with Gasteiger partial charge in [0.25, 0.3) is 0 Å². The van der Waals surface area contributed by atoms with Crippen molar-refractivity contribution in [2.24, 2.45) is 4.99 Å². The Bertz CT molecular complexity index is 766. The highest BCUT2D eigenvalue weighted by molar-refractivity contribution is 14.0. The number of guanidine groups is 1. The Hall–Kier alpha value is -2.03. The number of fused-ring (bicyclic) bond motifs is 1. The molecule has 0 unspecified atom stereocenters. The fraction of sp³-hybridized carbons (Fsp3) is 0.294. The number of aliphatic imine (C=N–C) groups is 1. The molecule has 3 aromatic rings. The molecule has 0 aliphatic rings. The fourth-order valence-electron chi connectivity index (χ4n) is 2.52. The Balaban J connectivity index is 0.00000208. The van der Waals surface area contributed by atoms with E-state index in [0.29, 0.717) is 6.54 Å². The number of benzene rings is 1. The molecule has 2 aromatic heterocycles. The number of nitrogens with one attached hydrogen (secondary N) is 2. The van der Waals surface area contributed by atoms with Crippen LogP contribution in [0.15, 0.2) is 58.4 Å². The van der Waals surface area contributed by atoms with Gasteiger partial charge in [-0.15, -0.1) is 24.0 Å². The summed E-state index contributed by atoms with van der Waals surface area (Å²) in [6, 6.07) is 12.4. The van der Waals surface area contributed by atoms with E-state index in [-0.39, 0.29) is 24.0 Å². The monoisotopic (exact) mass is 439 g/mol. The van der Waals surface area contributed by atoms with Crippen LogP contribution in [0.4, 0.5) is 0 Å². The predicted molar refractivity (Wildman–Crippen MR) is 107 cm³/mol. The van der Waals surface area contributed by atoms with E-state index in [1.165, 1.54) is 10.9 Å². The first-order chi connectivity index (χ1) is 11.4. The van der Waals surface area contributed by atoms with Crippen molar-refractivity contribution in [2.45, 2.75) is 19.5 Å². The molecule has 128 valence electrons. The molecule has 0 atom stereocenters. The van der Waals surface area contributed by atoms with E-state index in [2.05, 4.69) is 61.9 Å². The molecule has 0 fully saturated rings. The van der Waals surface area contributed by atoms with Gasteiger partial charge in [0.15, 0.2) is 5.96 Å². The molecule has 7 heteroatoms. The Labute approximate surface area is 158 Å². The maximum atomic E-state index is 4.80. The summed E-state index contributed by atoms with van der Waals surface area (Å²) < 4.78 is 7.08. The van der Waals surface area contributed by atoms with Crippen molar-refractivity contribution >= 4 is 40.8 Å². The second-order valence-electron chi connectivity index (χ2n) is 5.26. The molecule has 3 rings (SSSR count). The third-order valence-corrected chi connectivity index (χ3v) is 3.70. The molecule has 6 nitrogen and oxygen atoms in total. The van der Waals surface area contributed by atoms with Gasteiger partial charge in [0.1, 0.15) is 12.0 Å². The number of rotatable bonds is 6. The summed E-state index contributed by atoms with van der Waals surface area (Å²) in [5, 5.41) is 11.7. The van der Waals surface area contributed by atoms with Crippen molar-refractivity contribution < 1.29 is 4.52 Å². The smallest absolute Gasteiger partial charge is 0.191 e. The molecule has 0 aliphatic heterocycles. The third kappa shape index (κ3) is 4.73. The van der Waals surface area contributed by atoms with Gasteiger partial charge in [-0.3, -0.25) is 4.99 Å².